The first-order chi connectivity index (χ1) is 23.7. The summed E-state index contributed by atoms with van der Waals surface area (Å²) in [5, 5.41) is 0.955. The van der Waals surface area contributed by atoms with Crippen molar-refractivity contribution in [1.82, 2.24) is 19.5 Å². The molecule has 0 spiro atoms. The lowest BCUT2D eigenvalue weighted by atomic mass is 9.99. The van der Waals surface area contributed by atoms with Crippen molar-refractivity contribution in [3.05, 3.63) is 157 Å². The molecule has 0 fully saturated rings. The van der Waals surface area contributed by atoms with Gasteiger partial charge in [0.05, 0.1) is 22.3 Å². The fourth-order valence-corrected chi connectivity index (χ4v) is 6.14. The van der Waals surface area contributed by atoms with Gasteiger partial charge >= 0.3 is 6.18 Å². The van der Waals surface area contributed by atoms with Crippen LogP contribution in [0.4, 0.5) is 22.0 Å². The van der Waals surface area contributed by atoms with Crippen molar-refractivity contribution in [2.75, 3.05) is 0 Å². The Hall–Kier alpha value is -6.22. The first-order valence-corrected chi connectivity index (χ1v) is 15.3. The summed E-state index contributed by atoms with van der Waals surface area (Å²) in [7, 11) is 0. The van der Waals surface area contributed by atoms with E-state index in [1.165, 1.54) is 18.2 Å². The SMILES string of the molecule is Fc1ccc(-c2ccc(-c3nc(-c4ccccc4)nc(-c4ccccc4)n3)cc2-n2c3ccccc3c3cc(C(F)(F)F)ccc32)c(F)c1. The van der Waals surface area contributed by atoms with Gasteiger partial charge in [0, 0.05) is 44.7 Å². The number of fused-ring (bicyclic) bond motifs is 3. The number of rotatable bonds is 5. The van der Waals surface area contributed by atoms with Crippen molar-refractivity contribution in [2.45, 2.75) is 6.18 Å². The summed E-state index contributed by atoms with van der Waals surface area (Å²) in [5.41, 5.74) is 3.34. The molecule has 0 saturated carbocycles. The van der Waals surface area contributed by atoms with Crippen molar-refractivity contribution < 1.29 is 22.0 Å². The van der Waals surface area contributed by atoms with Gasteiger partial charge < -0.3 is 4.57 Å². The molecule has 0 aliphatic rings. The number of nitrogens with zero attached hydrogens (tertiary/aromatic N) is 4. The number of hydrogen-bond donors (Lipinski definition) is 0. The van der Waals surface area contributed by atoms with E-state index < -0.39 is 23.4 Å². The Morgan fingerprint density at radius 1 is 0.469 bits per heavy atom. The van der Waals surface area contributed by atoms with E-state index in [9.17, 15) is 17.6 Å². The topological polar surface area (TPSA) is 43.6 Å². The maximum absolute atomic E-state index is 15.5. The molecule has 0 saturated heterocycles. The molecule has 238 valence electrons. The highest BCUT2D eigenvalue weighted by Gasteiger charge is 2.31. The van der Waals surface area contributed by atoms with E-state index in [1.807, 2.05) is 60.7 Å². The van der Waals surface area contributed by atoms with E-state index in [2.05, 4.69) is 0 Å². The number of benzene rings is 6. The second-order valence-electron chi connectivity index (χ2n) is 11.5. The molecule has 2 heterocycles. The molecule has 6 aromatic carbocycles. The maximum Gasteiger partial charge on any atom is 0.416 e. The van der Waals surface area contributed by atoms with Crippen LogP contribution in [0.1, 0.15) is 5.56 Å². The molecule has 0 atom stereocenters. The van der Waals surface area contributed by atoms with Crippen molar-refractivity contribution in [2.24, 2.45) is 0 Å². The summed E-state index contributed by atoms with van der Waals surface area (Å²) in [6.45, 7) is 0. The first-order valence-electron chi connectivity index (χ1n) is 15.3. The molecule has 0 N–H and O–H groups in total. The minimum absolute atomic E-state index is 0.117. The third-order valence-electron chi connectivity index (χ3n) is 8.42. The molecule has 0 aliphatic heterocycles. The van der Waals surface area contributed by atoms with Crippen molar-refractivity contribution in [1.29, 1.82) is 0 Å². The number of hydrogen-bond acceptors (Lipinski definition) is 3. The van der Waals surface area contributed by atoms with Gasteiger partial charge in [-0.25, -0.2) is 23.7 Å². The van der Waals surface area contributed by atoms with Crippen LogP contribution in [0.3, 0.4) is 0 Å². The molecule has 4 nitrogen and oxygen atoms in total. The van der Waals surface area contributed by atoms with Crippen LogP contribution in [0.2, 0.25) is 0 Å². The van der Waals surface area contributed by atoms with Gasteiger partial charge in [-0.3, -0.25) is 0 Å². The Morgan fingerprint density at radius 3 is 1.67 bits per heavy atom. The molecule has 8 rings (SSSR count). The normalized spacial score (nSPS) is 11.8. The van der Waals surface area contributed by atoms with Crippen LogP contribution in [-0.4, -0.2) is 19.5 Å². The van der Waals surface area contributed by atoms with E-state index in [0.29, 0.717) is 56.1 Å². The van der Waals surface area contributed by atoms with Gasteiger partial charge in [-0.1, -0.05) is 91.0 Å². The van der Waals surface area contributed by atoms with Gasteiger partial charge in [-0.05, 0) is 42.5 Å². The summed E-state index contributed by atoms with van der Waals surface area (Å²) in [4.78, 5) is 14.4. The lowest BCUT2D eigenvalue weighted by molar-refractivity contribution is -0.137. The highest BCUT2D eigenvalue weighted by atomic mass is 19.4. The third kappa shape index (κ3) is 5.49. The van der Waals surface area contributed by atoms with Crippen molar-refractivity contribution >= 4 is 21.8 Å². The van der Waals surface area contributed by atoms with Gasteiger partial charge in [-0.15, -0.1) is 0 Å². The van der Waals surface area contributed by atoms with Gasteiger partial charge in [0.15, 0.2) is 17.5 Å². The molecular weight excluding hydrogens is 631 g/mol. The summed E-state index contributed by atoms with van der Waals surface area (Å²) < 4.78 is 72.9. The maximum atomic E-state index is 15.5. The average Bonchev–Trinajstić information content (AvgIpc) is 3.45. The van der Waals surface area contributed by atoms with Crippen LogP contribution >= 0.6 is 0 Å². The third-order valence-corrected chi connectivity index (χ3v) is 8.42. The summed E-state index contributed by atoms with van der Waals surface area (Å²) in [6, 6.07) is 38.1. The van der Waals surface area contributed by atoms with Crippen LogP contribution in [0.5, 0.6) is 0 Å². The molecule has 0 bridgehead atoms. The molecule has 0 radical (unpaired) electrons. The quantitative estimate of drug-likeness (QED) is 0.174. The second-order valence-corrected chi connectivity index (χ2v) is 11.5. The average molecular weight is 655 g/mol. The van der Waals surface area contributed by atoms with E-state index in [1.54, 1.807) is 47.0 Å². The molecule has 8 aromatic rings. The molecular formula is C40H23F5N4. The predicted molar refractivity (Wildman–Crippen MR) is 181 cm³/mol. The predicted octanol–water partition coefficient (Wildman–Crippen LogP) is 10.9. The largest absolute Gasteiger partial charge is 0.416 e. The number of halogens is 5. The zero-order chi connectivity index (χ0) is 33.7. The van der Waals surface area contributed by atoms with Crippen LogP contribution in [0, 0.1) is 11.6 Å². The minimum Gasteiger partial charge on any atom is -0.309 e. The van der Waals surface area contributed by atoms with Crippen LogP contribution in [0.15, 0.2) is 140 Å². The Bertz CT molecular complexity index is 2450. The Kier molecular flexibility index (Phi) is 7.25. The molecule has 0 amide bonds. The van der Waals surface area contributed by atoms with E-state index >= 15 is 4.39 Å². The molecule has 0 unspecified atom stereocenters. The lowest BCUT2D eigenvalue weighted by Crippen LogP contribution is -2.05. The van der Waals surface area contributed by atoms with Gasteiger partial charge in [-0.2, -0.15) is 13.2 Å². The fourth-order valence-electron chi connectivity index (χ4n) is 6.14. The van der Waals surface area contributed by atoms with Gasteiger partial charge in [0.25, 0.3) is 0 Å². The van der Waals surface area contributed by atoms with Crippen LogP contribution in [-0.2, 0) is 6.18 Å². The second kappa shape index (κ2) is 11.8. The van der Waals surface area contributed by atoms with E-state index in [0.717, 1.165) is 29.3 Å². The smallest absolute Gasteiger partial charge is 0.309 e. The summed E-state index contributed by atoms with van der Waals surface area (Å²) in [5.74, 6) is -0.303. The van der Waals surface area contributed by atoms with Crippen molar-refractivity contribution in [3.8, 4) is 51.0 Å². The minimum atomic E-state index is -4.55. The van der Waals surface area contributed by atoms with Gasteiger partial charge in [0.2, 0.25) is 0 Å². The number of para-hydroxylation sites is 1. The van der Waals surface area contributed by atoms with Gasteiger partial charge in [0.1, 0.15) is 11.6 Å². The van der Waals surface area contributed by atoms with Crippen LogP contribution in [0.25, 0.3) is 72.8 Å². The lowest BCUT2D eigenvalue weighted by Gasteiger charge is -2.17. The Labute approximate surface area is 276 Å². The molecule has 9 heteroatoms. The summed E-state index contributed by atoms with van der Waals surface area (Å²) >= 11 is 0. The fraction of sp³-hybridized carbons (Fsp3) is 0.0250. The Morgan fingerprint density at radius 2 is 1.04 bits per heavy atom. The highest BCUT2D eigenvalue weighted by Crippen LogP contribution is 2.41. The first kappa shape index (κ1) is 30.1. The van der Waals surface area contributed by atoms with Crippen molar-refractivity contribution in [3.63, 3.8) is 0 Å². The molecule has 2 aromatic heterocycles. The zero-order valence-electron chi connectivity index (χ0n) is 25.5. The number of alkyl halides is 3. The monoisotopic (exact) mass is 654 g/mol. The van der Waals surface area contributed by atoms with E-state index in [4.69, 9.17) is 15.0 Å². The number of aromatic nitrogens is 4. The Balaban J connectivity index is 1.43. The molecule has 0 aliphatic carbocycles. The highest BCUT2D eigenvalue weighted by molar-refractivity contribution is 6.10. The molecule has 49 heavy (non-hydrogen) atoms. The zero-order valence-corrected chi connectivity index (χ0v) is 25.5. The van der Waals surface area contributed by atoms with Crippen LogP contribution < -0.4 is 0 Å². The standard InChI is InChI=1S/C40H23F5N4/c41-28-17-19-29(33(42)23-28)31-18-15-26(39-47-37(24-9-3-1-4-10-24)46-38(48-39)25-11-5-2-6-12-25)21-36(31)49-34-14-8-7-13-30(34)32-22-27(40(43,44)45)16-20-35(32)49/h1-23H. The van der Waals surface area contributed by atoms with E-state index in [-0.39, 0.29) is 5.56 Å². The summed E-state index contributed by atoms with van der Waals surface area (Å²) in [6.07, 6.45) is -4.55.